The molecule has 2 nitrogen and oxygen atoms in total. The Balaban J connectivity index is 1.71. The third kappa shape index (κ3) is 3.19. The van der Waals surface area contributed by atoms with Crippen molar-refractivity contribution in [1.29, 1.82) is 0 Å². The highest BCUT2D eigenvalue weighted by atomic mass is 35.5. The molecule has 0 heterocycles. The van der Waals surface area contributed by atoms with Gasteiger partial charge >= 0.3 is 0 Å². The molecule has 0 saturated carbocycles. The first-order valence-electron chi connectivity index (χ1n) is 12.3. The standard InChI is InChI=1S/C34H23ClO2/c1-36-23-16-12-21(13-17-23)30-27-10-5-11-28(35)32(27)31(22-14-18-24(37-2)19-15-22)34-26-9-4-7-20-6-3-8-25(29(20)26)33(30)34/h3-19H,1-2H3. The molecule has 0 spiro atoms. The molecule has 6 aromatic carbocycles. The summed E-state index contributed by atoms with van der Waals surface area (Å²) in [5.74, 6) is 1.67. The van der Waals surface area contributed by atoms with Gasteiger partial charge < -0.3 is 9.47 Å². The fraction of sp³-hybridized carbons (Fsp3) is 0.0588. The lowest BCUT2D eigenvalue weighted by molar-refractivity contribution is 0.415. The van der Waals surface area contributed by atoms with E-state index in [2.05, 4.69) is 66.7 Å². The molecule has 37 heavy (non-hydrogen) atoms. The van der Waals surface area contributed by atoms with Crippen LogP contribution in [0.2, 0.25) is 5.02 Å². The Morgan fingerprint density at radius 2 is 1.00 bits per heavy atom. The lowest BCUT2D eigenvalue weighted by Gasteiger charge is -2.21. The van der Waals surface area contributed by atoms with Crippen molar-refractivity contribution in [3.8, 4) is 56.0 Å². The van der Waals surface area contributed by atoms with Gasteiger partial charge in [0, 0.05) is 10.4 Å². The van der Waals surface area contributed by atoms with Crippen LogP contribution in [0.4, 0.5) is 0 Å². The fourth-order valence-electron chi connectivity index (χ4n) is 5.90. The van der Waals surface area contributed by atoms with Gasteiger partial charge in [0.05, 0.1) is 14.2 Å². The first-order valence-corrected chi connectivity index (χ1v) is 12.7. The zero-order chi connectivity index (χ0) is 25.1. The average molecular weight is 499 g/mol. The van der Waals surface area contributed by atoms with Crippen molar-refractivity contribution in [3.63, 3.8) is 0 Å². The Labute approximate surface area is 220 Å². The van der Waals surface area contributed by atoms with Gasteiger partial charge in [0.15, 0.2) is 0 Å². The molecule has 0 amide bonds. The van der Waals surface area contributed by atoms with E-state index in [0.717, 1.165) is 44.0 Å². The number of hydrogen-bond donors (Lipinski definition) is 0. The van der Waals surface area contributed by atoms with E-state index in [-0.39, 0.29) is 0 Å². The molecule has 0 saturated heterocycles. The van der Waals surface area contributed by atoms with E-state index in [0.29, 0.717) is 0 Å². The van der Waals surface area contributed by atoms with Crippen LogP contribution in [0.3, 0.4) is 0 Å². The zero-order valence-electron chi connectivity index (χ0n) is 20.5. The lowest BCUT2D eigenvalue weighted by atomic mass is 9.82. The molecule has 6 aromatic rings. The van der Waals surface area contributed by atoms with Crippen LogP contribution in [0.1, 0.15) is 0 Å². The van der Waals surface area contributed by atoms with Crippen LogP contribution in [0, 0.1) is 0 Å². The van der Waals surface area contributed by atoms with Gasteiger partial charge in [-0.05, 0) is 91.0 Å². The topological polar surface area (TPSA) is 18.5 Å². The van der Waals surface area contributed by atoms with Crippen molar-refractivity contribution in [2.45, 2.75) is 0 Å². The maximum Gasteiger partial charge on any atom is 0.118 e. The molecule has 7 rings (SSSR count). The molecule has 0 unspecified atom stereocenters. The summed E-state index contributed by atoms with van der Waals surface area (Å²) in [4.78, 5) is 0. The Morgan fingerprint density at radius 1 is 0.486 bits per heavy atom. The van der Waals surface area contributed by atoms with Crippen LogP contribution in [-0.2, 0) is 0 Å². The highest BCUT2D eigenvalue weighted by molar-refractivity contribution is 6.39. The molecule has 0 N–H and O–H groups in total. The normalized spacial score (nSPS) is 11.6. The van der Waals surface area contributed by atoms with Gasteiger partial charge in [0.1, 0.15) is 11.5 Å². The zero-order valence-corrected chi connectivity index (χ0v) is 21.3. The number of methoxy groups -OCH3 is 2. The van der Waals surface area contributed by atoms with E-state index in [1.165, 1.54) is 38.6 Å². The maximum atomic E-state index is 7.05. The molecule has 0 radical (unpaired) electrons. The number of halogens is 1. The second kappa shape index (κ2) is 8.40. The van der Waals surface area contributed by atoms with E-state index < -0.39 is 0 Å². The van der Waals surface area contributed by atoms with Crippen molar-refractivity contribution in [2.24, 2.45) is 0 Å². The minimum absolute atomic E-state index is 0.740. The Bertz CT molecular complexity index is 1830. The predicted molar refractivity (Wildman–Crippen MR) is 155 cm³/mol. The van der Waals surface area contributed by atoms with Crippen LogP contribution in [0.5, 0.6) is 11.5 Å². The summed E-state index contributed by atoms with van der Waals surface area (Å²) in [6.45, 7) is 0. The fourth-order valence-corrected chi connectivity index (χ4v) is 6.17. The van der Waals surface area contributed by atoms with Crippen molar-refractivity contribution in [1.82, 2.24) is 0 Å². The SMILES string of the molecule is COc1ccc(-c2c3c(c(-c4ccc(OC)cc4)c4c(Cl)cccc24)-c2cccc4cccc-3c24)cc1. The van der Waals surface area contributed by atoms with Gasteiger partial charge in [-0.15, -0.1) is 0 Å². The summed E-state index contributed by atoms with van der Waals surface area (Å²) in [6.07, 6.45) is 0. The van der Waals surface area contributed by atoms with Gasteiger partial charge in [0.25, 0.3) is 0 Å². The highest BCUT2D eigenvalue weighted by Crippen LogP contribution is 2.58. The largest absolute Gasteiger partial charge is 0.497 e. The van der Waals surface area contributed by atoms with Gasteiger partial charge in [-0.1, -0.05) is 84.4 Å². The summed E-state index contributed by atoms with van der Waals surface area (Å²) in [5, 5.41) is 5.46. The first kappa shape index (κ1) is 22.0. The smallest absolute Gasteiger partial charge is 0.118 e. The number of ether oxygens (including phenoxy) is 2. The van der Waals surface area contributed by atoms with Gasteiger partial charge in [-0.2, -0.15) is 0 Å². The van der Waals surface area contributed by atoms with Gasteiger partial charge in [-0.3, -0.25) is 0 Å². The number of benzene rings is 6. The molecule has 0 atom stereocenters. The summed E-state index contributed by atoms with van der Waals surface area (Å²) < 4.78 is 10.9. The maximum absolute atomic E-state index is 7.05. The minimum atomic E-state index is 0.740. The van der Waals surface area contributed by atoms with E-state index in [9.17, 15) is 0 Å². The van der Waals surface area contributed by atoms with E-state index in [1.54, 1.807) is 14.2 Å². The number of hydrogen-bond acceptors (Lipinski definition) is 2. The van der Waals surface area contributed by atoms with Crippen molar-refractivity contribution >= 4 is 33.1 Å². The van der Waals surface area contributed by atoms with Crippen LogP contribution < -0.4 is 9.47 Å². The molecular weight excluding hydrogens is 476 g/mol. The van der Waals surface area contributed by atoms with E-state index >= 15 is 0 Å². The van der Waals surface area contributed by atoms with Crippen molar-refractivity contribution < 1.29 is 9.47 Å². The Morgan fingerprint density at radius 3 is 1.57 bits per heavy atom. The second-order valence-corrected chi connectivity index (χ2v) is 9.74. The molecule has 0 bridgehead atoms. The number of rotatable bonds is 4. The highest BCUT2D eigenvalue weighted by Gasteiger charge is 2.31. The van der Waals surface area contributed by atoms with Crippen LogP contribution in [-0.4, -0.2) is 14.2 Å². The molecule has 0 aliphatic heterocycles. The molecular formula is C34H23ClO2. The third-order valence-corrected chi connectivity index (χ3v) is 7.80. The van der Waals surface area contributed by atoms with Crippen molar-refractivity contribution in [2.75, 3.05) is 14.2 Å². The Kier molecular flexibility index (Phi) is 4.99. The monoisotopic (exact) mass is 498 g/mol. The van der Waals surface area contributed by atoms with Gasteiger partial charge in [-0.25, -0.2) is 0 Å². The third-order valence-electron chi connectivity index (χ3n) is 7.48. The summed E-state index contributed by atoms with van der Waals surface area (Å²) in [5.41, 5.74) is 9.56. The molecule has 1 aliphatic rings. The van der Waals surface area contributed by atoms with E-state index in [1.807, 2.05) is 36.4 Å². The van der Waals surface area contributed by atoms with Crippen LogP contribution in [0.15, 0.2) is 103 Å². The molecule has 0 aromatic heterocycles. The first-order chi connectivity index (χ1) is 18.2. The van der Waals surface area contributed by atoms with Crippen LogP contribution in [0.25, 0.3) is 66.1 Å². The van der Waals surface area contributed by atoms with Crippen LogP contribution >= 0.6 is 11.6 Å². The van der Waals surface area contributed by atoms with Gasteiger partial charge in [0.2, 0.25) is 0 Å². The number of fused-ring (bicyclic) bond motifs is 4. The second-order valence-electron chi connectivity index (χ2n) is 9.33. The Hall–Kier alpha value is -4.27. The van der Waals surface area contributed by atoms with E-state index in [4.69, 9.17) is 21.1 Å². The predicted octanol–water partition coefficient (Wildman–Crippen LogP) is 9.64. The molecule has 3 heteroatoms. The quantitative estimate of drug-likeness (QED) is 0.240. The van der Waals surface area contributed by atoms with Crippen molar-refractivity contribution in [3.05, 3.63) is 108 Å². The lowest BCUT2D eigenvalue weighted by Crippen LogP contribution is -1.94. The molecule has 1 aliphatic carbocycles. The summed E-state index contributed by atoms with van der Waals surface area (Å²) in [7, 11) is 3.39. The molecule has 178 valence electrons. The summed E-state index contributed by atoms with van der Waals surface area (Å²) >= 11 is 7.05. The minimum Gasteiger partial charge on any atom is -0.497 e. The molecule has 0 fully saturated rings. The average Bonchev–Trinajstić information content (AvgIpc) is 3.28. The summed E-state index contributed by atoms with van der Waals surface area (Å²) in [6, 6.07) is 36.1.